The van der Waals surface area contributed by atoms with E-state index in [9.17, 15) is 9.18 Å². The van der Waals surface area contributed by atoms with Gasteiger partial charge in [-0.1, -0.05) is 0 Å². The van der Waals surface area contributed by atoms with Gasteiger partial charge in [0.15, 0.2) is 10.1 Å². The van der Waals surface area contributed by atoms with Crippen LogP contribution in [-0.4, -0.2) is 29.2 Å². The van der Waals surface area contributed by atoms with E-state index >= 15 is 0 Å². The summed E-state index contributed by atoms with van der Waals surface area (Å²) in [6.45, 7) is 1.02. The summed E-state index contributed by atoms with van der Waals surface area (Å²) in [4.78, 5) is 19.9. The molecule has 2 aromatic rings. The van der Waals surface area contributed by atoms with Crippen molar-refractivity contribution in [3.8, 4) is 0 Å². The van der Waals surface area contributed by atoms with Crippen molar-refractivity contribution < 1.29 is 13.9 Å². The molecule has 6 nitrogen and oxygen atoms in total. The van der Waals surface area contributed by atoms with Gasteiger partial charge in [0.05, 0.1) is 0 Å². The topological polar surface area (TPSA) is 89.6 Å². The van der Waals surface area contributed by atoms with Crippen LogP contribution >= 0.6 is 27.7 Å². The normalized spacial score (nSPS) is 24.2. The fraction of sp³-hybridized carbons (Fsp3) is 0.316. The standard InChI is InChI=1S/C19H18BrFN4O2S/c20-12-3-6-16(23-10-12)17(26)25-13-4-5-15(21)14(8-13)19-11(2-1-7-27-19)9-24-18(22)28-19/h3-6,8,10-11H,1-2,7,9H2,(H2,22,24)(H,25,26)/t11-,19-/m1/s1. The fourth-order valence-corrected chi connectivity index (χ4v) is 4.95. The molecule has 1 fully saturated rings. The van der Waals surface area contributed by atoms with Crippen LogP contribution in [0.3, 0.4) is 0 Å². The van der Waals surface area contributed by atoms with Crippen molar-refractivity contribution in [2.24, 2.45) is 16.6 Å². The maximum absolute atomic E-state index is 14.8. The molecule has 0 spiro atoms. The average molecular weight is 465 g/mol. The molecule has 0 aliphatic carbocycles. The number of hydrogen-bond acceptors (Lipinski definition) is 6. The van der Waals surface area contributed by atoms with E-state index in [4.69, 9.17) is 10.5 Å². The Bertz CT molecular complexity index is 940. The zero-order chi connectivity index (χ0) is 19.7. The lowest BCUT2D eigenvalue weighted by atomic mass is 9.88. The second kappa shape index (κ2) is 7.81. The Morgan fingerprint density at radius 3 is 3.04 bits per heavy atom. The van der Waals surface area contributed by atoms with Crippen LogP contribution in [0.1, 0.15) is 28.9 Å². The number of amidine groups is 1. The van der Waals surface area contributed by atoms with Crippen LogP contribution < -0.4 is 11.1 Å². The van der Waals surface area contributed by atoms with E-state index in [2.05, 4.69) is 31.2 Å². The van der Waals surface area contributed by atoms with Gasteiger partial charge in [-0.15, -0.1) is 0 Å². The van der Waals surface area contributed by atoms with Gasteiger partial charge in [-0.05, 0) is 70.9 Å². The lowest BCUT2D eigenvalue weighted by Crippen LogP contribution is -2.45. The minimum atomic E-state index is -0.926. The maximum atomic E-state index is 14.8. The van der Waals surface area contributed by atoms with Crippen LogP contribution in [0.25, 0.3) is 0 Å². The third-order valence-corrected chi connectivity index (χ3v) is 6.62. The summed E-state index contributed by atoms with van der Waals surface area (Å²) in [6.07, 6.45) is 3.32. The molecule has 2 aliphatic heterocycles. The highest BCUT2D eigenvalue weighted by Crippen LogP contribution is 2.51. The molecule has 0 bridgehead atoms. The van der Waals surface area contributed by atoms with E-state index in [1.54, 1.807) is 24.4 Å². The molecule has 3 heterocycles. The Labute approximate surface area is 174 Å². The van der Waals surface area contributed by atoms with Crippen molar-refractivity contribution in [2.75, 3.05) is 18.5 Å². The number of aliphatic imine (C=N–C) groups is 1. The van der Waals surface area contributed by atoms with Crippen molar-refractivity contribution >= 4 is 44.5 Å². The Balaban J connectivity index is 1.66. The predicted octanol–water partition coefficient (Wildman–Crippen LogP) is 3.88. The Kier molecular flexibility index (Phi) is 5.39. The largest absolute Gasteiger partial charge is 0.378 e. The molecule has 9 heteroatoms. The van der Waals surface area contributed by atoms with Gasteiger partial charge in [0.2, 0.25) is 0 Å². The highest BCUT2D eigenvalue weighted by atomic mass is 79.9. The van der Waals surface area contributed by atoms with Crippen LogP contribution in [0.15, 0.2) is 46.0 Å². The van der Waals surface area contributed by atoms with Gasteiger partial charge >= 0.3 is 0 Å². The molecule has 1 saturated heterocycles. The van der Waals surface area contributed by atoms with E-state index < -0.39 is 10.8 Å². The molecule has 0 radical (unpaired) electrons. The highest BCUT2D eigenvalue weighted by molar-refractivity contribution is 9.10. The Hall–Kier alpha value is -1.97. The number of hydrogen-bond donors (Lipinski definition) is 2. The van der Waals surface area contributed by atoms with Gasteiger partial charge in [0.25, 0.3) is 5.91 Å². The van der Waals surface area contributed by atoms with E-state index in [0.717, 1.165) is 17.3 Å². The van der Waals surface area contributed by atoms with E-state index in [-0.39, 0.29) is 17.5 Å². The third-order valence-electron chi connectivity index (χ3n) is 4.83. The molecule has 1 aromatic carbocycles. The fourth-order valence-electron chi connectivity index (χ4n) is 3.50. The molecular weight excluding hydrogens is 447 g/mol. The summed E-state index contributed by atoms with van der Waals surface area (Å²) >= 11 is 4.53. The molecule has 0 unspecified atom stereocenters. The van der Waals surface area contributed by atoms with Gasteiger partial charge in [0.1, 0.15) is 11.5 Å². The molecule has 1 aromatic heterocycles. The molecule has 28 heavy (non-hydrogen) atoms. The van der Waals surface area contributed by atoms with E-state index in [1.165, 1.54) is 23.9 Å². The Morgan fingerprint density at radius 1 is 1.39 bits per heavy atom. The average Bonchev–Trinajstić information content (AvgIpc) is 2.69. The number of carbonyl (C=O) groups excluding carboxylic acids is 1. The smallest absolute Gasteiger partial charge is 0.274 e. The molecule has 1 amide bonds. The van der Waals surface area contributed by atoms with Gasteiger partial charge in [-0.2, -0.15) is 0 Å². The third kappa shape index (κ3) is 3.66. The lowest BCUT2D eigenvalue weighted by molar-refractivity contribution is -0.0561. The number of ether oxygens (including phenoxy) is 1. The van der Waals surface area contributed by atoms with Crippen LogP contribution in [0.4, 0.5) is 10.1 Å². The molecule has 4 rings (SSSR count). The minimum Gasteiger partial charge on any atom is -0.378 e. The van der Waals surface area contributed by atoms with Crippen molar-refractivity contribution in [1.82, 2.24) is 4.98 Å². The van der Waals surface area contributed by atoms with Crippen molar-refractivity contribution in [3.05, 3.63) is 58.1 Å². The number of rotatable bonds is 3. The summed E-state index contributed by atoms with van der Waals surface area (Å²) in [5.41, 5.74) is 7.06. The Morgan fingerprint density at radius 2 is 2.25 bits per heavy atom. The van der Waals surface area contributed by atoms with Gasteiger partial charge < -0.3 is 15.8 Å². The summed E-state index contributed by atoms with van der Waals surface area (Å²) in [7, 11) is 0. The highest BCUT2D eigenvalue weighted by Gasteiger charge is 2.49. The predicted molar refractivity (Wildman–Crippen MR) is 111 cm³/mol. The van der Waals surface area contributed by atoms with Crippen molar-refractivity contribution in [2.45, 2.75) is 17.8 Å². The number of nitrogens with zero attached hydrogens (tertiary/aromatic N) is 2. The zero-order valence-corrected chi connectivity index (χ0v) is 17.2. The first-order chi connectivity index (χ1) is 13.5. The lowest BCUT2D eigenvalue weighted by Gasteiger charge is -2.45. The second-order valence-electron chi connectivity index (χ2n) is 6.65. The second-order valence-corrected chi connectivity index (χ2v) is 8.79. The molecular formula is C19H18BrFN4O2S. The number of benzene rings is 1. The molecule has 0 saturated carbocycles. The summed E-state index contributed by atoms with van der Waals surface area (Å²) in [5.74, 6) is -0.748. The van der Waals surface area contributed by atoms with Crippen LogP contribution in [0, 0.1) is 11.7 Å². The number of aromatic nitrogens is 1. The van der Waals surface area contributed by atoms with E-state index in [0.29, 0.717) is 29.6 Å². The number of nitrogens with two attached hydrogens (primary N) is 1. The number of nitrogens with one attached hydrogen (secondary N) is 1. The van der Waals surface area contributed by atoms with Gasteiger partial charge in [0, 0.05) is 41.0 Å². The van der Waals surface area contributed by atoms with Gasteiger partial charge in [-0.3, -0.25) is 9.79 Å². The number of pyridine rings is 1. The first-order valence-corrected chi connectivity index (χ1v) is 10.4. The number of thioether (sulfide) groups is 1. The number of anilines is 1. The van der Waals surface area contributed by atoms with Crippen LogP contribution in [-0.2, 0) is 9.67 Å². The van der Waals surface area contributed by atoms with Crippen molar-refractivity contribution in [3.63, 3.8) is 0 Å². The van der Waals surface area contributed by atoms with Crippen LogP contribution in [0.5, 0.6) is 0 Å². The SMILES string of the molecule is NC1=NC[C@H]2CCCO[C@@]2(c2cc(NC(=O)c3ccc(Br)cn3)ccc2F)S1. The number of carbonyl (C=O) groups is 1. The number of fused-ring (bicyclic) bond motifs is 1. The zero-order valence-electron chi connectivity index (χ0n) is 14.8. The van der Waals surface area contributed by atoms with Gasteiger partial charge in [-0.25, -0.2) is 9.37 Å². The molecule has 2 atom stereocenters. The molecule has 2 aliphatic rings. The summed E-state index contributed by atoms with van der Waals surface area (Å²) < 4.78 is 21.7. The van der Waals surface area contributed by atoms with Crippen molar-refractivity contribution in [1.29, 1.82) is 0 Å². The first-order valence-electron chi connectivity index (χ1n) is 8.84. The van der Waals surface area contributed by atoms with E-state index in [1.807, 2.05) is 0 Å². The number of halogens is 2. The quantitative estimate of drug-likeness (QED) is 0.719. The minimum absolute atomic E-state index is 0.0205. The summed E-state index contributed by atoms with van der Waals surface area (Å²) in [5, 5.41) is 3.16. The maximum Gasteiger partial charge on any atom is 0.274 e. The molecule has 146 valence electrons. The summed E-state index contributed by atoms with van der Waals surface area (Å²) in [6, 6.07) is 7.83. The number of amides is 1. The monoisotopic (exact) mass is 464 g/mol. The first kappa shape index (κ1) is 19.4. The molecule has 3 N–H and O–H groups in total. The van der Waals surface area contributed by atoms with Crippen LogP contribution in [0.2, 0.25) is 0 Å².